The molecule has 0 fully saturated rings. The first-order chi connectivity index (χ1) is 14.5. The lowest BCUT2D eigenvalue weighted by Gasteiger charge is -2.20. The van der Waals surface area contributed by atoms with Gasteiger partial charge in [-0.15, -0.1) is 0 Å². The Bertz CT molecular complexity index is 1060. The maximum Gasteiger partial charge on any atom is 0.254 e. The maximum absolute atomic E-state index is 15.2. The minimum Gasteiger partial charge on any atom is -0.364 e. The average molecular weight is 407 g/mol. The molecule has 1 amide bonds. The molecule has 0 aliphatic heterocycles. The fraction of sp³-hybridized carbons (Fsp3) is 0.174. The number of carbonyl (C=O) groups is 1. The van der Waals surface area contributed by atoms with Crippen molar-refractivity contribution in [3.05, 3.63) is 89.1 Å². The van der Waals surface area contributed by atoms with Crippen molar-refractivity contribution in [2.24, 2.45) is 0 Å². The number of halogens is 2. The van der Waals surface area contributed by atoms with Crippen LogP contribution in [0.5, 0.6) is 0 Å². The summed E-state index contributed by atoms with van der Waals surface area (Å²) in [6.07, 6.45) is 0.0410. The van der Waals surface area contributed by atoms with E-state index in [9.17, 15) is 9.18 Å². The molecule has 3 aromatic rings. The van der Waals surface area contributed by atoms with Crippen LogP contribution in [0.1, 0.15) is 29.7 Å². The number of nitriles is 1. The summed E-state index contributed by atoms with van der Waals surface area (Å²) in [5.74, 6) is -2.43. The summed E-state index contributed by atoms with van der Waals surface area (Å²) in [5.41, 5.74) is 1.17. The fourth-order valence-electron chi connectivity index (χ4n) is 2.97. The van der Waals surface area contributed by atoms with Gasteiger partial charge in [0.05, 0.1) is 22.9 Å². The van der Waals surface area contributed by atoms with Gasteiger partial charge in [0.15, 0.2) is 6.10 Å². The number of ether oxygens (including phenoxy) is 1. The van der Waals surface area contributed by atoms with Crippen molar-refractivity contribution in [1.29, 1.82) is 5.26 Å². The number of amides is 1. The minimum atomic E-state index is -1.46. The summed E-state index contributed by atoms with van der Waals surface area (Å²) in [7, 11) is 0. The number of benzene rings is 2. The summed E-state index contributed by atoms with van der Waals surface area (Å²) in [4.78, 5) is 16.8. The largest absolute Gasteiger partial charge is 0.364 e. The van der Waals surface area contributed by atoms with Crippen LogP contribution in [0.4, 0.5) is 8.78 Å². The number of nitrogens with zero attached hydrogens (tertiary/aromatic N) is 2. The Labute approximate surface area is 173 Å². The number of nitrogens with one attached hydrogen (secondary N) is 1. The highest BCUT2D eigenvalue weighted by molar-refractivity contribution is 5.83. The van der Waals surface area contributed by atoms with Gasteiger partial charge in [-0.25, -0.2) is 8.78 Å². The summed E-state index contributed by atoms with van der Waals surface area (Å²) < 4.78 is 35.2. The van der Waals surface area contributed by atoms with E-state index >= 15 is 4.39 Å². The fourth-order valence-corrected chi connectivity index (χ4v) is 2.97. The van der Waals surface area contributed by atoms with Gasteiger partial charge in [-0.1, -0.05) is 18.2 Å². The third kappa shape index (κ3) is 4.67. The molecule has 0 saturated carbocycles. The Hall–Kier alpha value is -3.63. The van der Waals surface area contributed by atoms with Crippen molar-refractivity contribution < 1.29 is 18.3 Å². The van der Waals surface area contributed by atoms with Crippen LogP contribution < -0.4 is 5.32 Å². The summed E-state index contributed by atoms with van der Waals surface area (Å²) in [5, 5.41) is 11.5. The van der Waals surface area contributed by atoms with Gasteiger partial charge in [0.25, 0.3) is 5.91 Å². The van der Waals surface area contributed by atoms with Crippen molar-refractivity contribution in [3.8, 4) is 17.3 Å². The molecular formula is C23H19F2N3O2. The van der Waals surface area contributed by atoms with Gasteiger partial charge in [-0.3, -0.25) is 9.78 Å². The van der Waals surface area contributed by atoms with E-state index < -0.39 is 29.2 Å². The first-order valence-corrected chi connectivity index (χ1v) is 9.32. The second-order valence-corrected chi connectivity index (χ2v) is 6.40. The van der Waals surface area contributed by atoms with E-state index in [-0.39, 0.29) is 18.7 Å². The molecule has 0 aliphatic carbocycles. The van der Waals surface area contributed by atoms with Gasteiger partial charge >= 0.3 is 0 Å². The summed E-state index contributed by atoms with van der Waals surface area (Å²) >= 11 is 0. The van der Waals surface area contributed by atoms with Crippen molar-refractivity contribution in [3.63, 3.8) is 0 Å². The number of hydrogen-bond donors (Lipinski definition) is 1. The highest BCUT2D eigenvalue weighted by Gasteiger charge is 2.29. The molecule has 2 aromatic carbocycles. The second-order valence-electron chi connectivity index (χ2n) is 6.40. The van der Waals surface area contributed by atoms with E-state index in [1.807, 2.05) is 6.07 Å². The molecule has 152 valence electrons. The van der Waals surface area contributed by atoms with Crippen LogP contribution in [-0.2, 0) is 16.1 Å². The van der Waals surface area contributed by atoms with Gasteiger partial charge < -0.3 is 10.1 Å². The van der Waals surface area contributed by atoms with Crippen molar-refractivity contribution >= 4 is 5.91 Å². The SMILES string of the molecule is CCO[C@H](C(=O)NCc1ccc(C#N)cc1)c1c(F)ccc(-c2ccccn2)c1F. The quantitative estimate of drug-likeness (QED) is 0.634. The molecule has 0 aliphatic rings. The van der Waals surface area contributed by atoms with E-state index in [1.165, 1.54) is 12.3 Å². The molecular weight excluding hydrogens is 388 g/mol. The third-order valence-corrected chi connectivity index (χ3v) is 4.45. The number of carbonyl (C=O) groups excluding carboxylic acids is 1. The first kappa shape index (κ1) is 21.1. The number of hydrogen-bond acceptors (Lipinski definition) is 4. The molecule has 0 unspecified atom stereocenters. The Morgan fingerprint density at radius 1 is 1.17 bits per heavy atom. The van der Waals surface area contributed by atoms with Crippen LogP contribution in [0.2, 0.25) is 0 Å². The Morgan fingerprint density at radius 3 is 2.57 bits per heavy atom. The zero-order valence-corrected chi connectivity index (χ0v) is 16.2. The minimum absolute atomic E-state index is 0.0802. The Morgan fingerprint density at radius 2 is 1.93 bits per heavy atom. The van der Waals surface area contributed by atoms with Gasteiger partial charge in [0.2, 0.25) is 0 Å². The molecule has 3 rings (SSSR count). The zero-order chi connectivity index (χ0) is 21.5. The van der Waals surface area contributed by atoms with Crippen molar-refractivity contribution in [2.75, 3.05) is 6.61 Å². The lowest BCUT2D eigenvalue weighted by molar-refractivity contribution is -0.133. The monoisotopic (exact) mass is 407 g/mol. The van der Waals surface area contributed by atoms with Gasteiger partial charge in [-0.2, -0.15) is 5.26 Å². The van der Waals surface area contributed by atoms with E-state index in [0.29, 0.717) is 11.3 Å². The summed E-state index contributed by atoms with van der Waals surface area (Å²) in [6, 6.07) is 16.0. The Balaban J connectivity index is 1.87. The number of pyridine rings is 1. The average Bonchev–Trinajstić information content (AvgIpc) is 2.78. The molecule has 1 atom stereocenters. The molecule has 0 radical (unpaired) electrons. The standard InChI is InChI=1S/C23H19F2N3O2/c1-2-30-22(23(29)28-14-16-8-6-15(13-26)7-9-16)20-18(24)11-10-17(21(20)25)19-5-3-4-12-27-19/h3-12,22H,2,14H2,1H3,(H,28,29)/t22-/m0/s1. The Kier molecular flexibility index (Phi) is 6.83. The van der Waals surface area contributed by atoms with Crippen LogP contribution in [0.25, 0.3) is 11.3 Å². The molecule has 0 saturated heterocycles. The second kappa shape index (κ2) is 9.72. The normalized spacial score (nSPS) is 11.5. The number of aromatic nitrogens is 1. The van der Waals surface area contributed by atoms with E-state index in [2.05, 4.69) is 10.3 Å². The van der Waals surface area contributed by atoms with Crippen molar-refractivity contribution in [1.82, 2.24) is 10.3 Å². The van der Waals surface area contributed by atoms with Gasteiger partial charge in [0.1, 0.15) is 11.6 Å². The highest BCUT2D eigenvalue weighted by atomic mass is 19.1. The zero-order valence-electron chi connectivity index (χ0n) is 16.2. The van der Waals surface area contributed by atoms with Crippen LogP contribution >= 0.6 is 0 Å². The molecule has 0 bridgehead atoms. The topological polar surface area (TPSA) is 75.0 Å². The van der Waals surface area contributed by atoms with Crippen LogP contribution in [-0.4, -0.2) is 17.5 Å². The molecule has 1 aromatic heterocycles. The van der Waals surface area contributed by atoms with E-state index in [4.69, 9.17) is 10.00 Å². The molecule has 7 heteroatoms. The molecule has 1 heterocycles. The highest BCUT2D eigenvalue weighted by Crippen LogP contribution is 2.31. The smallest absolute Gasteiger partial charge is 0.254 e. The predicted molar refractivity (Wildman–Crippen MR) is 107 cm³/mol. The maximum atomic E-state index is 15.2. The van der Waals surface area contributed by atoms with Gasteiger partial charge in [-0.05, 0) is 48.9 Å². The van der Waals surface area contributed by atoms with Crippen LogP contribution in [0.15, 0.2) is 60.8 Å². The van der Waals surface area contributed by atoms with E-state index in [0.717, 1.165) is 11.6 Å². The lowest BCUT2D eigenvalue weighted by Crippen LogP contribution is -2.31. The predicted octanol–water partition coefficient (Wildman–Crippen LogP) is 4.29. The van der Waals surface area contributed by atoms with Gasteiger partial charge in [0, 0.05) is 24.9 Å². The molecule has 5 nitrogen and oxygen atoms in total. The van der Waals surface area contributed by atoms with E-state index in [1.54, 1.807) is 49.4 Å². The lowest BCUT2D eigenvalue weighted by atomic mass is 10.0. The third-order valence-electron chi connectivity index (χ3n) is 4.45. The number of rotatable bonds is 7. The first-order valence-electron chi connectivity index (χ1n) is 9.32. The molecule has 30 heavy (non-hydrogen) atoms. The molecule has 1 N–H and O–H groups in total. The van der Waals surface area contributed by atoms with Crippen LogP contribution in [0.3, 0.4) is 0 Å². The van der Waals surface area contributed by atoms with Crippen LogP contribution in [0, 0.1) is 23.0 Å². The molecule has 0 spiro atoms. The summed E-state index contributed by atoms with van der Waals surface area (Å²) in [6.45, 7) is 1.85. The van der Waals surface area contributed by atoms with Crippen molar-refractivity contribution in [2.45, 2.75) is 19.6 Å².